The lowest BCUT2D eigenvalue weighted by molar-refractivity contribution is -0.142. The highest BCUT2D eigenvalue weighted by Gasteiger charge is 2.38. The standard InChI is InChI=1S/C22H39N5O4/c28-20(25-22(30)23-10-14-26-11-4-1-5-12-26)19-9-6-13-27(19)21(29)18(16-24-31)15-17-7-2-3-8-17/h17-19,24,31H,1-16H2,(H2,23,25,28,30)/t18-,19+/m1/s1. The van der Waals surface area contributed by atoms with E-state index >= 15 is 0 Å². The van der Waals surface area contributed by atoms with Crippen molar-refractivity contribution in [3.8, 4) is 0 Å². The Kier molecular flexibility index (Phi) is 9.54. The Morgan fingerprint density at radius 3 is 2.39 bits per heavy atom. The van der Waals surface area contributed by atoms with Crippen molar-refractivity contribution in [2.24, 2.45) is 11.8 Å². The molecule has 0 aromatic rings. The molecule has 9 nitrogen and oxygen atoms in total. The molecular weight excluding hydrogens is 398 g/mol. The lowest BCUT2D eigenvalue weighted by atomic mass is 9.92. The number of carbonyl (C=O) groups is 3. The molecule has 0 spiro atoms. The van der Waals surface area contributed by atoms with Crippen LogP contribution in [0.3, 0.4) is 0 Å². The zero-order chi connectivity index (χ0) is 22.1. The molecule has 1 saturated carbocycles. The van der Waals surface area contributed by atoms with Crippen molar-refractivity contribution < 1.29 is 19.6 Å². The van der Waals surface area contributed by atoms with Gasteiger partial charge in [-0.15, -0.1) is 0 Å². The first-order valence-corrected chi connectivity index (χ1v) is 12.1. The second kappa shape index (κ2) is 12.4. The lowest BCUT2D eigenvalue weighted by Crippen LogP contribution is -2.52. The highest BCUT2D eigenvalue weighted by molar-refractivity contribution is 5.99. The van der Waals surface area contributed by atoms with E-state index in [2.05, 4.69) is 21.0 Å². The Balaban J connectivity index is 1.46. The molecule has 0 radical (unpaired) electrons. The van der Waals surface area contributed by atoms with E-state index in [0.29, 0.717) is 25.4 Å². The van der Waals surface area contributed by atoms with E-state index in [1.807, 2.05) is 0 Å². The molecule has 0 aromatic heterocycles. The second-order valence-corrected chi connectivity index (χ2v) is 9.28. The number of rotatable bonds is 9. The zero-order valence-corrected chi connectivity index (χ0v) is 18.6. The van der Waals surface area contributed by atoms with Crippen molar-refractivity contribution in [2.75, 3.05) is 39.3 Å². The summed E-state index contributed by atoms with van der Waals surface area (Å²) in [6.45, 7) is 4.11. The van der Waals surface area contributed by atoms with Crippen LogP contribution in [0.2, 0.25) is 0 Å². The maximum atomic E-state index is 13.2. The van der Waals surface area contributed by atoms with Crippen molar-refractivity contribution in [1.29, 1.82) is 0 Å². The number of likely N-dealkylation sites (tertiary alicyclic amines) is 2. The number of hydroxylamine groups is 1. The van der Waals surface area contributed by atoms with E-state index in [1.165, 1.54) is 32.1 Å². The molecule has 2 saturated heterocycles. The topological polar surface area (TPSA) is 114 Å². The van der Waals surface area contributed by atoms with Crippen LogP contribution < -0.4 is 16.1 Å². The predicted molar refractivity (Wildman–Crippen MR) is 116 cm³/mol. The summed E-state index contributed by atoms with van der Waals surface area (Å²) < 4.78 is 0. The molecule has 9 heteroatoms. The quantitative estimate of drug-likeness (QED) is 0.406. The third-order valence-electron chi connectivity index (χ3n) is 7.02. The van der Waals surface area contributed by atoms with Gasteiger partial charge >= 0.3 is 6.03 Å². The number of amides is 4. The molecule has 1 aliphatic carbocycles. The van der Waals surface area contributed by atoms with Gasteiger partial charge in [-0.3, -0.25) is 14.9 Å². The van der Waals surface area contributed by atoms with Gasteiger partial charge in [0.05, 0.1) is 5.92 Å². The minimum absolute atomic E-state index is 0.100. The van der Waals surface area contributed by atoms with E-state index < -0.39 is 18.0 Å². The van der Waals surface area contributed by atoms with E-state index in [-0.39, 0.29) is 18.4 Å². The summed E-state index contributed by atoms with van der Waals surface area (Å²) in [7, 11) is 0. The number of nitrogens with zero attached hydrogens (tertiary/aromatic N) is 2. The van der Waals surface area contributed by atoms with Crippen molar-refractivity contribution in [3.63, 3.8) is 0 Å². The van der Waals surface area contributed by atoms with Crippen LogP contribution in [0.25, 0.3) is 0 Å². The Labute approximate surface area is 185 Å². The van der Waals surface area contributed by atoms with E-state index in [0.717, 1.165) is 45.3 Å². The zero-order valence-electron chi connectivity index (χ0n) is 18.6. The molecule has 4 N–H and O–H groups in total. The maximum absolute atomic E-state index is 13.2. The molecule has 3 aliphatic rings. The fourth-order valence-electron chi connectivity index (χ4n) is 5.32. The van der Waals surface area contributed by atoms with Crippen LogP contribution in [0, 0.1) is 11.8 Å². The van der Waals surface area contributed by atoms with Gasteiger partial charge < -0.3 is 20.3 Å². The first kappa shape index (κ1) is 23.9. The summed E-state index contributed by atoms with van der Waals surface area (Å²) in [6, 6.07) is -1.12. The van der Waals surface area contributed by atoms with Crippen LogP contribution in [0.15, 0.2) is 0 Å². The molecule has 2 atom stereocenters. The van der Waals surface area contributed by atoms with Gasteiger partial charge in [0.15, 0.2) is 0 Å². The van der Waals surface area contributed by atoms with Gasteiger partial charge in [0.1, 0.15) is 6.04 Å². The molecule has 0 aromatic carbocycles. The van der Waals surface area contributed by atoms with Crippen molar-refractivity contribution in [2.45, 2.75) is 70.3 Å². The molecule has 176 valence electrons. The summed E-state index contributed by atoms with van der Waals surface area (Å²) in [4.78, 5) is 42.0. The molecule has 3 fully saturated rings. The van der Waals surface area contributed by atoms with Crippen LogP contribution in [0.5, 0.6) is 0 Å². The molecule has 31 heavy (non-hydrogen) atoms. The first-order chi connectivity index (χ1) is 15.1. The Morgan fingerprint density at radius 1 is 0.935 bits per heavy atom. The van der Waals surface area contributed by atoms with Gasteiger partial charge in [-0.2, -0.15) is 0 Å². The highest BCUT2D eigenvalue weighted by atomic mass is 16.5. The van der Waals surface area contributed by atoms with Gasteiger partial charge in [-0.05, 0) is 51.1 Å². The van der Waals surface area contributed by atoms with Gasteiger partial charge in [0.25, 0.3) is 5.91 Å². The summed E-state index contributed by atoms with van der Waals surface area (Å²) in [5, 5.41) is 14.4. The van der Waals surface area contributed by atoms with Crippen LogP contribution >= 0.6 is 0 Å². The van der Waals surface area contributed by atoms with E-state index in [1.54, 1.807) is 4.90 Å². The predicted octanol–water partition coefficient (Wildman–Crippen LogP) is 1.46. The molecule has 0 bridgehead atoms. The minimum atomic E-state index is -0.620. The number of carbonyl (C=O) groups excluding carboxylic acids is 3. The molecule has 2 aliphatic heterocycles. The second-order valence-electron chi connectivity index (χ2n) is 9.28. The van der Waals surface area contributed by atoms with E-state index in [4.69, 9.17) is 0 Å². The number of nitrogens with one attached hydrogen (secondary N) is 3. The monoisotopic (exact) mass is 437 g/mol. The van der Waals surface area contributed by atoms with Crippen LogP contribution in [0.1, 0.15) is 64.2 Å². The first-order valence-electron chi connectivity index (χ1n) is 12.1. The van der Waals surface area contributed by atoms with Crippen molar-refractivity contribution in [1.82, 2.24) is 25.9 Å². The number of imide groups is 1. The smallest absolute Gasteiger partial charge is 0.321 e. The Morgan fingerprint density at radius 2 is 1.68 bits per heavy atom. The average Bonchev–Trinajstić information content (AvgIpc) is 3.46. The minimum Gasteiger partial charge on any atom is -0.337 e. The number of hydrogen-bond donors (Lipinski definition) is 4. The maximum Gasteiger partial charge on any atom is 0.321 e. The lowest BCUT2D eigenvalue weighted by Gasteiger charge is -2.29. The molecular formula is C22H39N5O4. The van der Waals surface area contributed by atoms with Crippen molar-refractivity contribution >= 4 is 17.8 Å². The normalized spacial score (nSPS) is 23.6. The van der Waals surface area contributed by atoms with Crippen LogP contribution in [-0.4, -0.2) is 78.2 Å². The third-order valence-corrected chi connectivity index (χ3v) is 7.02. The van der Waals surface area contributed by atoms with Crippen LogP contribution in [-0.2, 0) is 9.59 Å². The van der Waals surface area contributed by atoms with Crippen molar-refractivity contribution in [3.05, 3.63) is 0 Å². The largest absolute Gasteiger partial charge is 0.337 e. The average molecular weight is 438 g/mol. The number of hydrogen-bond acceptors (Lipinski definition) is 6. The van der Waals surface area contributed by atoms with Gasteiger partial charge in [-0.1, -0.05) is 32.1 Å². The Hall–Kier alpha value is -1.71. The van der Waals surface area contributed by atoms with Gasteiger partial charge in [-0.25, -0.2) is 10.3 Å². The summed E-state index contributed by atoms with van der Waals surface area (Å²) in [6.07, 6.45) is 10.3. The number of piperidine rings is 1. The molecule has 4 amide bonds. The van der Waals surface area contributed by atoms with Gasteiger partial charge in [0.2, 0.25) is 5.91 Å². The third kappa shape index (κ3) is 7.15. The number of urea groups is 1. The molecule has 0 unspecified atom stereocenters. The fraction of sp³-hybridized carbons (Fsp3) is 0.864. The SMILES string of the molecule is O=C(NCCN1CCCCC1)NC(=O)[C@@H]1CCCN1C(=O)[C@@H](CNO)CC1CCCC1. The highest BCUT2D eigenvalue weighted by Crippen LogP contribution is 2.32. The Bertz CT molecular complexity index is 605. The summed E-state index contributed by atoms with van der Waals surface area (Å²) in [5.74, 6) is -0.364. The van der Waals surface area contributed by atoms with Crippen LogP contribution in [0.4, 0.5) is 4.79 Å². The van der Waals surface area contributed by atoms with E-state index in [9.17, 15) is 19.6 Å². The van der Waals surface area contributed by atoms with Gasteiger partial charge in [0, 0.05) is 26.2 Å². The molecule has 2 heterocycles. The molecule has 3 rings (SSSR count). The summed E-state index contributed by atoms with van der Waals surface area (Å²) >= 11 is 0. The fourth-order valence-corrected chi connectivity index (χ4v) is 5.32. The summed E-state index contributed by atoms with van der Waals surface area (Å²) in [5.41, 5.74) is 2.16.